The molecule has 0 amide bonds. The minimum absolute atomic E-state index is 0.0385. The van der Waals surface area contributed by atoms with Crippen LogP contribution in [0.15, 0.2) is 47.4 Å². The van der Waals surface area contributed by atoms with E-state index in [2.05, 4.69) is 33.9 Å². The molecule has 1 atom stereocenters. The number of anilines is 1. The summed E-state index contributed by atoms with van der Waals surface area (Å²) in [6.45, 7) is 13.8. The molecule has 2 aromatic carbocycles. The minimum atomic E-state index is -4.04. The fraction of sp³-hybridized carbons (Fsp3) is 0.458. The Morgan fingerprint density at radius 2 is 1.62 bits per heavy atom. The van der Waals surface area contributed by atoms with Crippen LogP contribution in [0.2, 0.25) is 28.2 Å². The first-order valence-corrected chi connectivity index (χ1v) is 16.0. The molecule has 10 heteroatoms. The second-order valence-corrected chi connectivity index (χ2v) is 17.2. The molecule has 0 aromatic heterocycles. The third-order valence-electron chi connectivity index (χ3n) is 5.98. The molecule has 6 nitrogen and oxygen atoms in total. The van der Waals surface area contributed by atoms with E-state index in [4.69, 9.17) is 32.4 Å². The van der Waals surface area contributed by atoms with Crippen LogP contribution in [0.1, 0.15) is 40.2 Å². The molecule has 0 spiro atoms. The lowest BCUT2D eigenvalue weighted by molar-refractivity contribution is -0.142. The summed E-state index contributed by atoms with van der Waals surface area (Å²) in [5.41, 5.74) is 0.839. The smallest absolute Gasteiger partial charge is 0.302 e. The van der Waals surface area contributed by atoms with Gasteiger partial charge in [-0.25, -0.2) is 8.42 Å². The summed E-state index contributed by atoms with van der Waals surface area (Å²) in [6, 6.07) is 10.3. The monoisotopic (exact) mass is 545 g/mol. The summed E-state index contributed by atoms with van der Waals surface area (Å²) in [4.78, 5) is 11.5. The van der Waals surface area contributed by atoms with E-state index in [0.29, 0.717) is 21.3 Å². The van der Waals surface area contributed by atoms with Gasteiger partial charge in [0.1, 0.15) is 6.61 Å². The fourth-order valence-corrected chi connectivity index (χ4v) is 6.03. The highest BCUT2D eigenvalue weighted by Crippen LogP contribution is 2.38. The summed E-state index contributed by atoms with van der Waals surface area (Å²) in [5, 5.41) is 0.747. The number of carbonyl (C=O) groups excluding carboxylic acids is 1. The SMILES string of the molecule is CC(=O)OCc1ccc(Cl)cc1N([C@H](C)CO[Si](C)(C)C(C)(C)C)S(=O)(=O)c1ccc(Cl)cc1. The lowest BCUT2D eigenvalue weighted by Crippen LogP contribution is -2.47. The number of sulfonamides is 1. The molecule has 0 aliphatic rings. The zero-order valence-corrected chi connectivity index (χ0v) is 24.0. The molecule has 0 saturated heterocycles. The Balaban J connectivity index is 2.60. The number of carbonyl (C=O) groups is 1. The average Bonchev–Trinajstić information content (AvgIpc) is 2.71. The fourth-order valence-electron chi connectivity index (χ4n) is 2.98. The van der Waals surface area contributed by atoms with Crippen LogP contribution in [0.3, 0.4) is 0 Å². The Hall–Kier alpha value is -1.58. The third kappa shape index (κ3) is 6.98. The van der Waals surface area contributed by atoms with Crippen molar-refractivity contribution in [1.82, 2.24) is 0 Å². The number of ether oxygens (including phenoxy) is 1. The van der Waals surface area contributed by atoms with Gasteiger partial charge < -0.3 is 9.16 Å². The van der Waals surface area contributed by atoms with Crippen molar-refractivity contribution < 1.29 is 22.4 Å². The average molecular weight is 547 g/mol. The molecule has 0 heterocycles. The molecule has 0 bridgehead atoms. The summed E-state index contributed by atoms with van der Waals surface area (Å²) in [5.74, 6) is -0.470. The maximum Gasteiger partial charge on any atom is 0.302 e. The van der Waals surface area contributed by atoms with Crippen molar-refractivity contribution in [2.75, 3.05) is 10.9 Å². The van der Waals surface area contributed by atoms with Gasteiger partial charge in [0.25, 0.3) is 10.0 Å². The van der Waals surface area contributed by atoms with Gasteiger partial charge in [-0.2, -0.15) is 0 Å². The van der Waals surface area contributed by atoms with Crippen LogP contribution in [0.25, 0.3) is 0 Å². The molecule has 0 saturated carbocycles. The van der Waals surface area contributed by atoms with Crippen molar-refractivity contribution in [1.29, 1.82) is 0 Å². The van der Waals surface area contributed by atoms with E-state index >= 15 is 0 Å². The van der Waals surface area contributed by atoms with E-state index in [1.54, 1.807) is 25.1 Å². The third-order valence-corrected chi connectivity index (χ3v) is 12.9. The molecule has 0 aliphatic heterocycles. The van der Waals surface area contributed by atoms with E-state index in [9.17, 15) is 13.2 Å². The van der Waals surface area contributed by atoms with Crippen molar-refractivity contribution in [3.8, 4) is 0 Å². The van der Waals surface area contributed by atoms with E-state index < -0.39 is 30.4 Å². The van der Waals surface area contributed by atoms with Crippen LogP contribution >= 0.6 is 23.2 Å². The Labute approximate surface area is 214 Å². The second-order valence-electron chi connectivity index (χ2n) is 9.73. The predicted molar refractivity (Wildman–Crippen MR) is 141 cm³/mol. The molecule has 0 aliphatic carbocycles. The molecule has 188 valence electrons. The first-order chi connectivity index (χ1) is 15.6. The summed E-state index contributed by atoms with van der Waals surface area (Å²) in [6.07, 6.45) is 0. The highest BCUT2D eigenvalue weighted by Gasteiger charge is 2.39. The standard InChI is InChI=1S/C24H33Cl2NO5SSi/c1-17(15-32-34(6,7)24(3,4)5)27(33(29,30)22-12-10-20(25)11-13-22)23-14-21(26)9-8-19(23)16-31-18(2)28/h8-14,17H,15-16H2,1-7H3/t17-/m1/s1. The molecule has 0 fully saturated rings. The molecule has 2 rings (SSSR count). The highest BCUT2D eigenvalue weighted by molar-refractivity contribution is 7.92. The van der Waals surface area contributed by atoms with Crippen LogP contribution in [0.4, 0.5) is 5.69 Å². The Kier molecular flexibility index (Phi) is 9.27. The van der Waals surface area contributed by atoms with E-state index in [1.165, 1.54) is 35.5 Å². The van der Waals surface area contributed by atoms with Gasteiger partial charge in [0.15, 0.2) is 8.32 Å². The Morgan fingerprint density at radius 3 is 2.15 bits per heavy atom. The molecular weight excluding hydrogens is 513 g/mol. The van der Waals surface area contributed by atoms with Gasteiger partial charge in [-0.05, 0) is 61.5 Å². The van der Waals surface area contributed by atoms with Crippen molar-refractivity contribution >= 4 is 53.2 Å². The molecule has 0 unspecified atom stereocenters. The summed E-state index contributed by atoms with van der Waals surface area (Å²) < 4.78 is 40.6. The van der Waals surface area contributed by atoms with Crippen molar-refractivity contribution in [3.05, 3.63) is 58.1 Å². The first-order valence-electron chi connectivity index (χ1n) is 10.9. The van der Waals surface area contributed by atoms with Gasteiger partial charge in [0.2, 0.25) is 0 Å². The first kappa shape index (κ1) is 28.7. The number of rotatable bonds is 9. The van der Waals surface area contributed by atoms with Gasteiger partial charge in [0, 0.05) is 22.5 Å². The number of esters is 1. The van der Waals surface area contributed by atoms with Gasteiger partial charge in [-0.1, -0.05) is 50.0 Å². The molecule has 2 aromatic rings. The minimum Gasteiger partial charge on any atom is -0.461 e. The quantitative estimate of drug-likeness (QED) is 0.260. The van der Waals surface area contributed by atoms with Gasteiger partial charge >= 0.3 is 5.97 Å². The van der Waals surface area contributed by atoms with E-state index in [0.717, 1.165) is 0 Å². The van der Waals surface area contributed by atoms with Crippen LogP contribution in [0.5, 0.6) is 0 Å². The maximum atomic E-state index is 13.9. The van der Waals surface area contributed by atoms with E-state index in [-0.39, 0.29) is 23.1 Å². The largest absolute Gasteiger partial charge is 0.461 e. The highest BCUT2D eigenvalue weighted by atomic mass is 35.5. The van der Waals surface area contributed by atoms with Crippen LogP contribution in [0, 0.1) is 0 Å². The number of benzene rings is 2. The second kappa shape index (κ2) is 11.0. The number of nitrogens with zero attached hydrogens (tertiary/aromatic N) is 1. The number of halogens is 2. The van der Waals surface area contributed by atoms with Crippen LogP contribution < -0.4 is 4.31 Å². The van der Waals surface area contributed by atoms with Crippen LogP contribution in [-0.2, 0) is 30.6 Å². The lowest BCUT2D eigenvalue weighted by atomic mass is 10.1. The Bertz CT molecular complexity index is 1120. The summed E-state index contributed by atoms with van der Waals surface area (Å²) in [7, 11) is -6.19. The van der Waals surface area contributed by atoms with E-state index in [1.807, 2.05) is 0 Å². The maximum absolute atomic E-state index is 13.9. The van der Waals surface area contributed by atoms with Crippen molar-refractivity contribution in [3.63, 3.8) is 0 Å². The van der Waals surface area contributed by atoms with Gasteiger partial charge in [-0.15, -0.1) is 0 Å². The molecule has 34 heavy (non-hydrogen) atoms. The normalized spacial score (nSPS) is 13.4. The van der Waals surface area contributed by atoms with Crippen molar-refractivity contribution in [2.45, 2.75) is 70.3 Å². The van der Waals surface area contributed by atoms with Crippen LogP contribution in [-0.4, -0.2) is 35.4 Å². The van der Waals surface area contributed by atoms with Gasteiger partial charge in [-0.3, -0.25) is 9.10 Å². The molecular formula is C24H33Cl2NO5SSi. The number of hydrogen-bond acceptors (Lipinski definition) is 5. The molecule has 0 N–H and O–H groups in total. The molecule has 0 radical (unpaired) electrons. The summed E-state index contributed by atoms with van der Waals surface area (Å²) >= 11 is 12.3. The predicted octanol–water partition coefficient (Wildman–Crippen LogP) is 6.66. The van der Waals surface area contributed by atoms with Gasteiger partial charge in [0.05, 0.1) is 23.2 Å². The topological polar surface area (TPSA) is 72.9 Å². The zero-order valence-electron chi connectivity index (χ0n) is 20.7. The Morgan fingerprint density at radius 1 is 1.06 bits per heavy atom. The lowest BCUT2D eigenvalue weighted by Gasteiger charge is -2.39. The van der Waals surface area contributed by atoms with Crippen molar-refractivity contribution in [2.24, 2.45) is 0 Å². The zero-order chi connectivity index (χ0) is 25.9. The number of hydrogen-bond donors (Lipinski definition) is 0.